The maximum absolute atomic E-state index is 9.30. The molecule has 2 aromatic carbocycles. The number of phenols is 2. The van der Waals surface area contributed by atoms with E-state index >= 15 is 0 Å². The molecule has 2 aromatic rings. The van der Waals surface area contributed by atoms with E-state index in [1.807, 2.05) is 24.3 Å². The molecule has 0 spiro atoms. The van der Waals surface area contributed by atoms with Crippen LogP contribution in [0.3, 0.4) is 0 Å². The first kappa shape index (κ1) is 25.4. The Labute approximate surface area is 176 Å². The van der Waals surface area contributed by atoms with E-state index in [9.17, 15) is 10.2 Å². The van der Waals surface area contributed by atoms with Crippen molar-refractivity contribution in [3.8, 4) is 11.5 Å². The second-order valence-corrected chi connectivity index (χ2v) is 8.34. The fourth-order valence-electron chi connectivity index (χ4n) is 2.95. The summed E-state index contributed by atoms with van der Waals surface area (Å²) in [5.74, 6) is 0.547. The second kappa shape index (κ2) is 13.6. The third-order valence-corrected chi connectivity index (χ3v) is 5.30. The summed E-state index contributed by atoms with van der Waals surface area (Å²) in [5.41, 5.74) is 2.10. The fraction of sp³-hybridized carbons (Fsp3) is 0.478. The molecule has 4 N–H and O–H groups in total. The number of rotatable bonds is 10. The van der Waals surface area contributed by atoms with Gasteiger partial charge >= 0.3 is 8.60 Å². The van der Waals surface area contributed by atoms with Crippen molar-refractivity contribution in [2.24, 2.45) is 0 Å². The summed E-state index contributed by atoms with van der Waals surface area (Å²) in [5, 5.41) is 18.6. The van der Waals surface area contributed by atoms with Crippen LogP contribution >= 0.6 is 8.60 Å². The minimum atomic E-state index is -2.13. The van der Waals surface area contributed by atoms with Gasteiger partial charge in [0.15, 0.2) is 0 Å². The lowest BCUT2D eigenvalue weighted by Crippen LogP contribution is -2.18. The predicted molar refractivity (Wildman–Crippen MR) is 119 cm³/mol. The van der Waals surface area contributed by atoms with Crippen molar-refractivity contribution in [2.75, 3.05) is 6.61 Å². The van der Waals surface area contributed by atoms with Gasteiger partial charge in [-0.05, 0) is 41.8 Å². The lowest BCUT2D eigenvalue weighted by atomic mass is 9.78. The molecule has 0 saturated heterocycles. The maximum Gasteiger partial charge on any atom is 0.327 e. The molecule has 2 rings (SSSR count). The zero-order chi connectivity index (χ0) is 21.7. The van der Waals surface area contributed by atoms with Gasteiger partial charge in [-0.3, -0.25) is 0 Å². The van der Waals surface area contributed by atoms with Crippen LogP contribution in [0.2, 0.25) is 0 Å². The van der Waals surface area contributed by atoms with Crippen LogP contribution in [0, 0.1) is 0 Å². The van der Waals surface area contributed by atoms with Crippen LogP contribution in [0.5, 0.6) is 11.5 Å². The van der Waals surface area contributed by atoms with Crippen molar-refractivity contribution >= 4 is 8.60 Å². The van der Waals surface area contributed by atoms with Gasteiger partial charge in [-0.25, -0.2) is 0 Å². The van der Waals surface area contributed by atoms with E-state index in [0.29, 0.717) is 6.61 Å². The van der Waals surface area contributed by atoms with Gasteiger partial charge in [0, 0.05) is 5.41 Å². The van der Waals surface area contributed by atoms with Crippen LogP contribution in [-0.2, 0) is 9.94 Å². The molecule has 29 heavy (non-hydrogen) atoms. The highest BCUT2D eigenvalue weighted by molar-refractivity contribution is 7.39. The van der Waals surface area contributed by atoms with Crippen LogP contribution in [0.1, 0.15) is 70.4 Å². The van der Waals surface area contributed by atoms with Gasteiger partial charge < -0.3 is 24.5 Å². The fourth-order valence-corrected chi connectivity index (χ4v) is 3.24. The van der Waals surface area contributed by atoms with Crippen LogP contribution in [-0.4, -0.2) is 26.6 Å². The first-order chi connectivity index (χ1) is 13.8. The van der Waals surface area contributed by atoms with Crippen molar-refractivity contribution in [2.45, 2.75) is 64.7 Å². The van der Waals surface area contributed by atoms with Crippen LogP contribution < -0.4 is 0 Å². The average molecular weight is 423 g/mol. The Hall–Kier alpha value is -1.65. The molecule has 0 radical (unpaired) electrons. The van der Waals surface area contributed by atoms with E-state index in [1.165, 1.54) is 25.7 Å². The molecule has 0 aliphatic rings. The SMILES string of the molecule is CC(C)(c1ccc(O)cc1)c1ccc(O)cc1.CCCCCCCCOP(O)O. The van der Waals surface area contributed by atoms with E-state index < -0.39 is 8.60 Å². The van der Waals surface area contributed by atoms with Gasteiger partial charge in [0.1, 0.15) is 11.5 Å². The monoisotopic (exact) mass is 422 g/mol. The highest BCUT2D eigenvalue weighted by Crippen LogP contribution is 2.32. The van der Waals surface area contributed by atoms with Gasteiger partial charge in [0.2, 0.25) is 0 Å². The molecule has 0 aromatic heterocycles. The normalized spacial score (nSPS) is 11.2. The topological polar surface area (TPSA) is 90.2 Å². The third kappa shape index (κ3) is 10.1. The molecule has 5 nitrogen and oxygen atoms in total. The summed E-state index contributed by atoms with van der Waals surface area (Å²) < 4.78 is 4.62. The lowest BCUT2D eigenvalue weighted by molar-refractivity contribution is 0.248. The highest BCUT2D eigenvalue weighted by atomic mass is 31.2. The van der Waals surface area contributed by atoms with Gasteiger partial charge in [-0.15, -0.1) is 0 Å². The van der Waals surface area contributed by atoms with E-state index in [-0.39, 0.29) is 16.9 Å². The number of hydrogen-bond donors (Lipinski definition) is 4. The van der Waals surface area contributed by atoms with Crippen LogP contribution in [0.25, 0.3) is 0 Å². The smallest absolute Gasteiger partial charge is 0.327 e. The summed E-state index contributed by atoms with van der Waals surface area (Å²) in [4.78, 5) is 16.8. The van der Waals surface area contributed by atoms with E-state index in [2.05, 4.69) is 25.3 Å². The van der Waals surface area contributed by atoms with E-state index in [1.54, 1.807) is 24.3 Å². The minimum absolute atomic E-state index is 0.151. The van der Waals surface area contributed by atoms with Crippen molar-refractivity contribution < 1.29 is 24.5 Å². The first-order valence-corrected chi connectivity index (χ1v) is 11.3. The molecule has 0 bridgehead atoms. The van der Waals surface area contributed by atoms with Crippen molar-refractivity contribution in [3.63, 3.8) is 0 Å². The minimum Gasteiger partial charge on any atom is -0.508 e. The highest BCUT2D eigenvalue weighted by Gasteiger charge is 2.22. The van der Waals surface area contributed by atoms with Gasteiger partial charge in [-0.1, -0.05) is 77.1 Å². The summed E-state index contributed by atoms with van der Waals surface area (Å²) in [6, 6.07) is 14.4. The van der Waals surface area contributed by atoms with Crippen molar-refractivity contribution in [1.29, 1.82) is 0 Å². The Balaban J connectivity index is 0.000000311. The second-order valence-electron chi connectivity index (χ2n) is 7.57. The third-order valence-electron chi connectivity index (χ3n) is 4.88. The van der Waals surface area contributed by atoms with Gasteiger partial charge in [0.25, 0.3) is 0 Å². The van der Waals surface area contributed by atoms with E-state index in [4.69, 9.17) is 9.79 Å². The molecule has 0 fully saturated rings. The Morgan fingerprint density at radius 2 is 1.14 bits per heavy atom. The summed E-state index contributed by atoms with van der Waals surface area (Å²) in [6.45, 7) is 6.90. The molecule has 162 valence electrons. The molecule has 0 atom stereocenters. The Morgan fingerprint density at radius 3 is 1.55 bits per heavy atom. The maximum atomic E-state index is 9.30. The lowest BCUT2D eigenvalue weighted by Gasteiger charge is -2.26. The molecular weight excluding hydrogens is 387 g/mol. The number of benzene rings is 2. The zero-order valence-electron chi connectivity index (χ0n) is 17.7. The quantitative estimate of drug-likeness (QED) is 0.279. The summed E-state index contributed by atoms with van der Waals surface area (Å²) in [7, 11) is -2.13. The summed E-state index contributed by atoms with van der Waals surface area (Å²) in [6.07, 6.45) is 7.13. The molecule has 0 unspecified atom stereocenters. The molecule has 0 amide bonds. The average Bonchev–Trinajstić information content (AvgIpc) is 2.68. The Kier molecular flexibility index (Phi) is 11.9. The molecule has 0 aliphatic heterocycles. The number of hydrogen-bond acceptors (Lipinski definition) is 5. The van der Waals surface area contributed by atoms with Gasteiger partial charge in [-0.2, -0.15) is 0 Å². The molecule has 0 heterocycles. The first-order valence-electron chi connectivity index (χ1n) is 10.2. The molecule has 0 aliphatic carbocycles. The Bertz CT molecular complexity index is 621. The predicted octanol–water partition coefficient (Wildman–Crippen LogP) is 6.00. The molecule has 6 heteroatoms. The largest absolute Gasteiger partial charge is 0.508 e. The standard InChI is InChI=1S/C15H16O2.C8H19O3P/c1-15(2,11-3-7-13(16)8-4-11)12-5-9-14(17)10-6-12;1-2-3-4-5-6-7-8-11-12(9)10/h3-10,16-17H,1-2H3;9-10H,2-8H2,1H3. The van der Waals surface area contributed by atoms with Crippen molar-refractivity contribution in [1.82, 2.24) is 0 Å². The molecular formula is C23H35O5P. The van der Waals surface area contributed by atoms with Crippen molar-refractivity contribution in [3.05, 3.63) is 59.7 Å². The molecule has 0 saturated carbocycles. The summed E-state index contributed by atoms with van der Waals surface area (Å²) >= 11 is 0. The number of aromatic hydroxyl groups is 2. The van der Waals surface area contributed by atoms with Crippen LogP contribution in [0.4, 0.5) is 0 Å². The zero-order valence-corrected chi connectivity index (χ0v) is 18.6. The van der Waals surface area contributed by atoms with Gasteiger partial charge in [0.05, 0.1) is 6.61 Å². The Morgan fingerprint density at radius 1 is 0.724 bits per heavy atom. The number of phenolic OH excluding ortho intramolecular Hbond substituents is 2. The number of unbranched alkanes of at least 4 members (excludes halogenated alkanes) is 5. The van der Waals surface area contributed by atoms with E-state index in [0.717, 1.165) is 24.0 Å². The van der Waals surface area contributed by atoms with Crippen LogP contribution in [0.15, 0.2) is 48.5 Å².